The van der Waals surface area contributed by atoms with Crippen molar-refractivity contribution in [3.05, 3.63) is 45.5 Å². The van der Waals surface area contributed by atoms with Crippen molar-refractivity contribution < 1.29 is 5.11 Å². The van der Waals surface area contributed by atoms with Gasteiger partial charge in [0, 0.05) is 36.6 Å². The van der Waals surface area contributed by atoms with Gasteiger partial charge in [0.05, 0.1) is 12.6 Å². The normalized spacial score (nSPS) is 14.5. The minimum atomic E-state index is -0.757. The van der Waals surface area contributed by atoms with E-state index in [1.165, 1.54) is 0 Å². The predicted molar refractivity (Wildman–Crippen MR) is 113 cm³/mol. The first-order valence-corrected chi connectivity index (χ1v) is 8.82. The number of benzene rings is 1. The van der Waals surface area contributed by atoms with E-state index in [4.69, 9.17) is 23.2 Å². The summed E-state index contributed by atoms with van der Waals surface area (Å²) in [5, 5.41) is 25.9. The minimum Gasteiger partial charge on any atom is -0.387 e. The second kappa shape index (κ2) is 9.72. The topological polar surface area (TPSA) is 87.4 Å². The highest BCUT2D eigenvalue weighted by molar-refractivity contribution is 14.0. The summed E-state index contributed by atoms with van der Waals surface area (Å²) in [6.07, 6.45) is 1.33. The molecule has 10 heteroatoms. The van der Waals surface area contributed by atoms with Crippen molar-refractivity contribution in [3.8, 4) is 0 Å². The molecule has 0 saturated heterocycles. The van der Waals surface area contributed by atoms with Crippen molar-refractivity contribution in [3.63, 3.8) is 0 Å². The third kappa shape index (κ3) is 5.21. The number of halogens is 3. The molecule has 0 fully saturated rings. The second-order valence-corrected chi connectivity index (χ2v) is 6.69. The molecule has 3 rings (SSSR count). The Morgan fingerprint density at radius 2 is 2.00 bits per heavy atom. The number of nitrogens with zero attached hydrogens (tertiary/aromatic N) is 4. The summed E-state index contributed by atoms with van der Waals surface area (Å²) >= 11 is 11.9. The zero-order valence-electron chi connectivity index (χ0n) is 14.2. The lowest BCUT2D eigenvalue weighted by atomic mass is 10.1. The number of guanidine groups is 1. The Labute approximate surface area is 179 Å². The molecule has 26 heavy (non-hydrogen) atoms. The Morgan fingerprint density at radius 3 is 2.69 bits per heavy atom. The maximum Gasteiger partial charge on any atom is 0.191 e. The fourth-order valence-electron chi connectivity index (χ4n) is 2.80. The highest BCUT2D eigenvalue weighted by atomic mass is 127. The Morgan fingerprint density at radius 1 is 1.27 bits per heavy atom. The molecule has 1 aliphatic heterocycles. The quantitative estimate of drug-likeness (QED) is 0.327. The molecule has 1 aromatic heterocycles. The Bertz CT molecular complexity index is 762. The van der Waals surface area contributed by atoms with Crippen LogP contribution in [0.4, 0.5) is 0 Å². The lowest BCUT2D eigenvalue weighted by Crippen LogP contribution is -2.39. The Balaban J connectivity index is 0.00000243. The van der Waals surface area contributed by atoms with Gasteiger partial charge in [-0.1, -0.05) is 23.2 Å². The van der Waals surface area contributed by atoms with E-state index < -0.39 is 6.10 Å². The second-order valence-electron chi connectivity index (χ2n) is 5.81. The first-order valence-electron chi connectivity index (χ1n) is 8.06. The van der Waals surface area contributed by atoms with E-state index in [-0.39, 0.29) is 30.5 Å². The van der Waals surface area contributed by atoms with Crippen LogP contribution in [0.1, 0.15) is 29.7 Å². The zero-order chi connectivity index (χ0) is 17.8. The van der Waals surface area contributed by atoms with Crippen LogP contribution in [-0.2, 0) is 19.5 Å². The van der Waals surface area contributed by atoms with Crippen molar-refractivity contribution in [2.24, 2.45) is 4.99 Å². The molecule has 0 spiro atoms. The van der Waals surface area contributed by atoms with Crippen LogP contribution in [-0.4, -0.2) is 39.4 Å². The van der Waals surface area contributed by atoms with Gasteiger partial charge in [0.25, 0.3) is 0 Å². The number of aryl methyl sites for hydroxylation is 1. The van der Waals surface area contributed by atoms with E-state index >= 15 is 0 Å². The van der Waals surface area contributed by atoms with Gasteiger partial charge in [-0.3, -0.25) is 4.99 Å². The fourth-order valence-corrected chi connectivity index (χ4v) is 3.35. The maximum absolute atomic E-state index is 10.3. The molecule has 1 aliphatic rings. The molecular formula is C16H21Cl2IN6O. The third-order valence-corrected chi connectivity index (χ3v) is 4.49. The molecule has 3 N–H and O–H groups in total. The molecule has 0 aliphatic carbocycles. The summed E-state index contributed by atoms with van der Waals surface area (Å²) < 4.78 is 2.13. The standard InChI is InChI=1S/C16H20Cl2N6O.HI/c1-19-16(21-9-15-23-22-14-3-2-4-24(14)15)20-8-13(25)10-5-11(17)7-12(18)6-10;/h5-7,13,25H,2-4,8-9H2,1H3,(H2,19,20,21);1H. The average molecular weight is 511 g/mol. The molecular weight excluding hydrogens is 490 g/mol. The van der Waals surface area contributed by atoms with E-state index in [2.05, 4.69) is 30.4 Å². The Kier molecular flexibility index (Phi) is 7.93. The van der Waals surface area contributed by atoms with Crippen LogP contribution in [0, 0.1) is 0 Å². The molecule has 7 nitrogen and oxygen atoms in total. The lowest BCUT2D eigenvalue weighted by Gasteiger charge is -2.16. The highest BCUT2D eigenvalue weighted by Gasteiger charge is 2.17. The van der Waals surface area contributed by atoms with Crippen LogP contribution < -0.4 is 10.6 Å². The summed E-state index contributed by atoms with van der Waals surface area (Å²) in [6, 6.07) is 5.01. The molecule has 0 radical (unpaired) electrons. The molecule has 1 aromatic carbocycles. The summed E-state index contributed by atoms with van der Waals surface area (Å²) in [5.41, 5.74) is 0.649. The molecule has 0 amide bonds. The maximum atomic E-state index is 10.3. The SMILES string of the molecule is CN=C(NCc1nnc2n1CCC2)NCC(O)c1cc(Cl)cc(Cl)c1.I. The number of hydrogen-bond donors (Lipinski definition) is 3. The van der Waals surface area contributed by atoms with E-state index in [0.29, 0.717) is 28.1 Å². The molecule has 1 unspecified atom stereocenters. The molecule has 2 heterocycles. The van der Waals surface area contributed by atoms with Gasteiger partial charge in [-0.2, -0.15) is 0 Å². The number of aliphatic hydroxyl groups excluding tert-OH is 1. The smallest absolute Gasteiger partial charge is 0.191 e. The summed E-state index contributed by atoms with van der Waals surface area (Å²) in [5.74, 6) is 2.49. The van der Waals surface area contributed by atoms with Gasteiger partial charge in [0.2, 0.25) is 0 Å². The highest BCUT2D eigenvalue weighted by Crippen LogP contribution is 2.23. The van der Waals surface area contributed by atoms with Crippen molar-refractivity contribution in [1.29, 1.82) is 0 Å². The number of rotatable bonds is 5. The number of aliphatic imine (C=N–C) groups is 1. The predicted octanol–water partition coefficient (Wildman–Crippen LogP) is 2.55. The number of fused-ring (bicyclic) bond motifs is 1. The van der Waals surface area contributed by atoms with Gasteiger partial charge < -0.3 is 20.3 Å². The average Bonchev–Trinajstić information content (AvgIpc) is 3.18. The van der Waals surface area contributed by atoms with Crippen molar-refractivity contribution >= 4 is 53.1 Å². The number of nitrogens with one attached hydrogen (secondary N) is 2. The van der Waals surface area contributed by atoms with Gasteiger partial charge in [0.15, 0.2) is 11.8 Å². The van der Waals surface area contributed by atoms with E-state index in [1.807, 2.05) is 0 Å². The van der Waals surface area contributed by atoms with Crippen LogP contribution >= 0.6 is 47.2 Å². The lowest BCUT2D eigenvalue weighted by molar-refractivity contribution is 0.181. The van der Waals surface area contributed by atoms with Crippen LogP contribution in [0.25, 0.3) is 0 Å². The zero-order valence-corrected chi connectivity index (χ0v) is 18.1. The molecule has 0 bridgehead atoms. The summed E-state index contributed by atoms with van der Waals surface area (Å²) in [6.45, 7) is 1.75. The van der Waals surface area contributed by atoms with Crippen LogP contribution in [0.3, 0.4) is 0 Å². The van der Waals surface area contributed by atoms with Gasteiger partial charge in [0.1, 0.15) is 5.82 Å². The number of hydrogen-bond acceptors (Lipinski definition) is 4. The van der Waals surface area contributed by atoms with Crippen LogP contribution in [0.5, 0.6) is 0 Å². The fraction of sp³-hybridized carbons (Fsp3) is 0.438. The van der Waals surface area contributed by atoms with E-state index in [1.54, 1.807) is 25.2 Å². The molecule has 0 saturated carbocycles. The van der Waals surface area contributed by atoms with Gasteiger partial charge in [-0.25, -0.2) is 0 Å². The first-order chi connectivity index (χ1) is 12.1. The van der Waals surface area contributed by atoms with Crippen molar-refractivity contribution in [2.45, 2.75) is 32.0 Å². The van der Waals surface area contributed by atoms with Crippen LogP contribution in [0.2, 0.25) is 10.0 Å². The first kappa shape index (κ1) is 21.2. The van der Waals surface area contributed by atoms with Crippen molar-refractivity contribution in [1.82, 2.24) is 25.4 Å². The number of aliphatic hydroxyl groups is 1. The van der Waals surface area contributed by atoms with Gasteiger partial charge in [-0.15, -0.1) is 34.2 Å². The molecule has 1 atom stereocenters. The summed E-state index contributed by atoms with van der Waals surface area (Å²) in [7, 11) is 1.67. The molecule has 2 aromatic rings. The van der Waals surface area contributed by atoms with Crippen molar-refractivity contribution in [2.75, 3.05) is 13.6 Å². The number of aromatic nitrogens is 3. The van der Waals surface area contributed by atoms with Gasteiger partial charge >= 0.3 is 0 Å². The minimum absolute atomic E-state index is 0. The third-order valence-electron chi connectivity index (χ3n) is 4.06. The van der Waals surface area contributed by atoms with E-state index in [0.717, 1.165) is 31.0 Å². The molecule has 142 valence electrons. The largest absolute Gasteiger partial charge is 0.387 e. The monoisotopic (exact) mass is 510 g/mol. The summed E-state index contributed by atoms with van der Waals surface area (Å²) in [4.78, 5) is 4.16. The Hall–Kier alpha value is -1.10. The van der Waals surface area contributed by atoms with Gasteiger partial charge in [-0.05, 0) is 30.2 Å². The van der Waals surface area contributed by atoms with Crippen LogP contribution in [0.15, 0.2) is 23.2 Å². The van der Waals surface area contributed by atoms with E-state index in [9.17, 15) is 5.11 Å².